The minimum absolute atomic E-state index is 0. The van der Waals surface area contributed by atoms with Gasteiger partial charge in [0.15, 0.2) is 5.78 Å². The lowest BCUT2D eigenvalue weighted by atomic mass is 9.82. The molecule has 0 unspecified atom stereocenters. The molecule has 0 aliphatic carbocycles. The zero-order valence-electron chi connectivity index (χ0n) is 19.9. The maximum absolute atomic E-state index is 13.0. The molecule has 0 radical (unpaired) electrons. The maximum Gasteiger partial charge on any atom is 0.267 e. The van der Waals surface area contributed by atoms with E-state index >= 15 is 0 Å². The normalized spacial score (nSPS) is 16.8. The van der Waals surface area contributed by atoms with Crippen LogP contribution in [0.4, 0.5) is 0 Å². The highest BCUT2D eigenvalue weighted by Crippen LogP contribution is 2.40. The Morgan fingerprint density at radius 3 is 2.39 bits per heavy atom. The van der Waals surface area contributed by atoms with Crippen LogP contribution in [0.2, 0.25) is 0 Å². The third kappa shape index (κ3) is 5.68. The van der Waals surface area contributed by atoms with Gasteiger partial charge in [-0.3, -0.25) is 19.7 Å². The SMILES string of the molecule is Cl.O=C(C=Cc1ccc2c(c1)C(=O)CC1(CCN(Cc3ccc(-c4ccccc4)cc3)CC1)O2)NO. The molecule has 5 rings (SSSR count). The van der Waals surface area contributed by atoms with Crippen LogP contribution in [-0.2, 0) is 11.3 Å². The fraction of sp³-hybridized carbons (Fsp3) is 0.241. The number of amides is 1. The number of hydrogen-bond acceptors (Lipinski definition) is 5. The summed E-state index contributed by atoms with van der Waals surface area (Å²) in [7, 11) is 0. The Labute approximate surface area is 217 Å². The Morgan fingerprint density at radius 1 is 1.00 bits per heavy atom. The van der Waals surface area contributed by atoms with Crippen LogP contribution in [-0.4, -0.2) is 40.5 Å². The van der Waals surface area contributed by atoms with Crippen LogP contribution in [0.1, 0.15) is 40.7 Å². The van der Waals surface area contributed by atoms with Crippen LogP contribution in [0.3, 0.4) is 0 Å². The predicted molar refractivity (Wildman–Crippen MR) is 141 cm³/mol. The van der Waals surface area contributed by atoms with Crippen molar-refractivity contribution >= 4 is 30.2 Å². The van der Waals surface area contributed by atoms with Gasteiger partial charge >= 0.3 is 0 Å². The average molecular weight is 505 g/mol. The first-order chi connectivity index (χ1) is 17.0. The molecule has 0 aromatic heterocycles. The van der Waals surface area contributed by atoms with E-state index in [4.69, 9.17) is 9.94 Å². The van der Waals surface area contributed by atoms with Crippen molar-refractivity contribution in [2.24, 2.45) is 0 Å². The first kappa shape index (κ1) is 25.6. The summed E-state index contributed by atoms with van der Waals surface area (Å²) in [5.74, 6) is 0.0520. The molecule has 0 saturated carbocycles. The maximum atomic E-state index is 13.0. The topological polar surface area (TPSA) is 78.9 Å². The van der Waals surface area contributed by atoms with E-state index in [0.29, 0.717) is 23.3 Å². The summed E-state index contributed by atoms with van der Waals surface area (Å²) in [6.45, 7) is 2.63. The minimum Gasteiger partial charge on any atom is -0.486 e. The number of ketones is 1. The van der Waals surface area contributed by atoms with Gasteiger partial charge in [-0.05, 0) is 40.5 Å². The fourth-order valence-electron chi connectivity index (χ4n) is 4.91. The van der Waals surface area contributed by atoms with Crippen molar-refractivity contribution in [1.82, 2.24) is 10.4 Å². The fourth-order valence-corrected chi connectivity index (χ4v) is 4.91. The van der Waals surface area contributed by atoms with E-state index in [1.54, 1.807) is 29.8 Å². The smallest absolute Gasteiger partial charge is 0.267 e. The molecule has 0 atom stereocenters. The number of carbonyl (C=O) groups is 2. The Kier molecular flexibility index (Phi) is 7.89. The van der Waals surface area contributed by atoms with Gasteiger partial charge < -0.3 is 4.74 Å². The molecule has 2 heterocycles. The van der Waals surface area contributed by atoms with Crippen molar-refractivity contribution in [3.8, 4) is 16.9 Å². The van der Waals surface area contributed by atoms with E-state index in [9.17, 15) is 9.59 Å². The molecule has 3 aromatic carbocycles. The molecular weight excluding hydrogens is 476 g/mol. The van der Waals surface area contributed by atoms with Crippen molar-refractivity contribution in [3.63, 3.8) is 0 Å². The molecule has 1 amide bonds. The van der Waals surface area contributed by atoms with Crippen LogP contribution in [0.5, 0.6) is 5.75 Å². The Hall–Kier alpha value is -3.45. The third-order valence-electron chi connectivity index (χ3n) is 6.89. The second-order valence-electron chi connectivity index (χ2n) is 9.29. The molecule has 0 bridgehead atoms. The van der Waals surface area contributed by atoms with E-state index in [2.05, 4.69) is 53.4 Å². The number of halogens is 1. The van der Waals surface area contributed by atoms with Crippen LogP contribution < -0.4 is 10.2 Å². The van der Waals surface area contributed by atoms with Crippen molar-refractivity contribution in [1.29, 1.82) is 0 Å². The van der Waals surface area contributed by atoms with E-state index < -0.39 is 11.5 Å². The number of rotatable bonds is 5. The first-order valence-electron chi connectivity index (χ1n) is 11.9. The second-order valence-corrected chi connectivity index (χ2v) is 9.29. The standard InChI is InChI=1S/C29H28N2O4.ClH/c32-26-19-29(35-27-12-8-21(18-25(26)27)9-13-28(33)30-34)14-16-31(17-15-29)20-22-6-10-24(11-7-22)23-4-2-1-3-5-23;/h1-13,18,34H,14-17,19-20H2,(H,30,33);1H. The Bertz CT molecular complexity index is 1250. The summed E-state index contributed by atoms with van der Waals surface area (Å²) in [5, 5.41) is 8.61. The Morgan fingerprint density at radius 2 is 1.69 bits per heavy atom. The van der Waals surface area contributed by atoms with Crippen molar-refractivity contribution in [2.45, 2.75) is 31.4 Å². The van der Waals surface area contributed by atoms with Gasteiger partial charge in [0.2, 0.25) is 0 Å². The molecule has 7 heteroatoms. The summed E-state index contributed by atoms with van der Waals surface area (Å²) in [6, 6.07) is 24.5. The summed E-state index contributed by atoms with van der Waals surface area (Å²) in [6.07, 6.45) is 4.73. The molecule has 1 fully saturated rings. The lowest BCUT2D eigenvalue weighted by molar-refractivity contribution is -0.124. The number of ether oxygens (including phenoxy) is 1. The highest BCUT2D eigenvalue weighted by molar-refractivity contribution is 6.01. The number of piperidine rings is 1. The monoisotopic (exact) mass is 504 g/mol. The number of likely N-dealkylation sites (tertiary alicyclic amines) is 1. The molecule has 1 spiro atoms. The number of fused-ring (bicyclic) bond motifs is 1. The summed E-state index contributed by atoms with van der Waals surface area (Å²) in [4.78, 5) is 26.6. The molecule has 2 aliphatic rings. The number of Topliss-reactive ketones (excluding diaryl/α,β-unsaturated/α-hetero) is 1. The van der Waals surface area contributed by atoms with Gasteiger partial charge in [-0.1, -0.05) is 60.7 Å². The predicted octanol–water partition coefficient (Wildman–Crippen LogP) is 5.29. The molecule has 1 saturated heterocycles. The van der Waals surface area contributed by atoms with E-state index in [1.165, 1.54) is 22.8 Å². The molecular formula is C29H29ClN2O4. The molecule has 186 valence electrons. The molecule has 2 N–H and O–H groups in total. The van der Waals surface area contributed by atoms with E-state index in [1.807, 2.05) is 6.07 Å². The lowest BCUT2D eigenvalue weighted by Gasteiger charge is -2.44. The molecule has 2 aliphatic heterocycles. The number of hydroxylamine groups is 1. The molecule has 3 aromatic rings. The number of carbonyl (C=O) groups excluding carboxylic acids is 2. The summed E-state index contributed by atoms with van der Waals surface area (Å²) < 4.78 is 6.40. The number of nitrogens with zero attached hydrogens (tertiary/aromatic N) is 1. The number of benzene rings is 3. The van der Waals surface area contributed by atoms with Crippen molar-refractivity contribution < 1.29 is 19.5 Å². The van der Waals surface area contributed by atoms with Gasteiger partial charge in [-0.15, -0.1) is 12.4 Å². The summed E-state index contributed by atoms with van der Waals surface area (Å²) >= 11 is 0. The van der Waals surface area contributed by atoms with Crippen LogP contribution in [0, 0.1) is 0 Å². The van der Waals surface area contributed by atoms with Gasteiger partial charge in [0.1, 0.15) is 11.4 Å². The second kappa shape index (κ2) is 11.1. The highest BCUT2D eigenvalue weighted by atomic mass is 35.5. The van der Waals surface area contributed by atoms with Gasteiger partial charge in [0.25, 0.3) is 5.91 Å². The molecule has 6 nitrogen and oxygen atoms in total. The highest BCUT2D eigenvalue weighted by Gasteiger charge is 2.42. The van der Waals surface area contributed by atoms with E-state index in [0.717, 1.165) is 32.5 Å². The lowest BCUT2D eigenvalue weighted by Crippen LogP contribution is -2.50. The van der Waals surface area contributed by atoms with Gasteiger partial charge in [-0.25, -0.2) is 5.48 Å². The van der Waals surface area contributed by atoms with Crippen LogP contribution in [0.15, 0.2) is 78.9 Å². The zero-order chi connectivity index (χ0) is 24.3. The quantitative estimate of drug-likeness (QED) is 0.280. The number of hydrogen-bond donors (Lipinski definition) is 2. The largest absolute Gasteiger partial charge is 0.486 e. The van der Waals surface area contributed by atoms with Gasteiger partial charge in [0.05, 0.1) is 12.0 Å². The van der Waals surface area contributed by atoms with Gasteiger partial charge in [0, 0.05) is 38.6 Å². The van der Waals surface area contributed by atoms with Crippen LogP contribution >= 0.6 is 12.4 Å². The van der Waals surface area contributed by atoms with Gasteiger partial charge in [-0.2, -0.15) is 0 Å². The Balaban J connectivity index is 0.00000304. The number of nitrogens with one attached hydrogen (secondary N) is 1. The van der Waals surface area contributed by atoms with Crippen molar-refractivity contribution in [3.05, 3.63) is 95.6 Å². The van der Waals surface area contributed by atoms with Crippen molar-refractivity contribution in [2.75, 3.05) is 13.1 Å². The third-order valence-corrected chi connectivity index (χ3v) is 6.89. The first-order valence-corrected chi connectivity index (χ1v) is 11.9. The zero-order valence-corrected chi connectivity index (χ0v) is 20.7. The summed E-state index contributed by atoms with van der Waals surface area (Å²) in [5.41, 5.74) is 6.06. The van der Waals surface area contributed by atoms with E-state index in [-0.39, 0.29) is 18.2 Å². The average Bonchev–Trinajstić information content (AvgIpc) is 2.90. The minimum atomic E-state index is -0.622. The van der Waals surface area contributed by atoms with Crippen LogP contribution in [0.25, 0.3) is 17.2 Å². The molecule has 36 heavy (non-hydrogen) atoms.